The van der Waals surface area contributed by atoms with Gasteiger partial charge in [0.15, 0.2) is 5.13 Å². The first-order valence-corrected chi connectivity index (χ1v) is 11.5. The second-order valence-corrected chi connectivity index (χ2v) is 9.58. The minimum Gasteiger partial charge on any atom is -0.492 e. The number of hydrogen-bond donors (Lipinski definition) is 1. The first-order valence-electron chi connectivity index (χ1n) is 9.19. The van der Waals surface area contributed by atoms with Gasteiger partial charge < -0.3 is 9.64 Å². The third-order valence-electron chi connectivity index (χ3n) is 4.47. The lowest BCUT2D eigenvalue weighted by molar-refractivity contribution is 0.262. The number of anilines is 1. The van der Waals surface area contributed by atoms with Crippen LogP contribution in [0.1, 0.15) is 11.1 Å². The minimum absolute atomic E-state index is 0.227. The van der Waals surface area contributed by atoms with E-state index in [-0.39, 0.29) is 4.90 Å². The van der Waals surface area contributed by atoms with Crippen molar-refractivity contribution in [1.82, 2.24) is 9.88 Å². The number of para-hydroxylation sites is 1. The van der Waals surface area contributed by atoms with Gasteiger partial charge >= 0.3 is 0 Å². The van der Waals surface area contributed by atoms with Crippen LogP contribution in [0.15, 0.2) is 52.7 Å². The maximum atomic E-state index is 12.7. The van der Waals surface area contributed by atoms with E-state index in [2.05, 4.69) is 9.71 Å². The van der Waals surface area contributed by atoms with E-state index in [4.69, 9.17) is 4.74 Å². The molecule has 6 nitrogen and oxygen atoms in total. The van der Waals surface area contributed by atoms with E-state index in [0.717, 1.165) is 29.0 Å². The van der Waals surface area contributed by atoms with Crippen molar-refractivity contribution in [3.8, 4) is 17.0 Å². The van der Waals surface area contributed by atoms with Crippen molar-refractivity contribution in [3.05, 3.63) is 59.0 Å². The van der Waals surface area contributed by atoms with Crippen LogP contribution in [0.25, 0.3) is 11.3 Å². The summed E-state index contributed by atoms with van der Waals surface area (Å²) in [5, 5.41) is 2.15. The van der Waals surface area contributed by atoms with Crippen LogP contribution in [0.5, 0.6) is 5.75 Å². The molecule has 0 spiro atoms. The van der Waals surface area contributed by atoms with Gasteiger partial charge in [-0.2, -0.15) is 0 Å². The minimum atomic E-state index is -3.69. The molecular weight excluding hydrogens is 406 g/mol. The predicted molar refractivity (Wildman–Crippen MR) is 118 cm³/mol. The van der Waals surface area contributed by atoms with E-state index in [9.17, 15) is 8.42 Å². The van der Waals surface area contributed by atoms with Gasteiger partial charge in [-0.15, -0.1) is 11.3 Å². The van der Waals surface area contributed by atoms with Crippen molar-refractivity contribution in [2.45, 2.75) is 18.7 Å². The van der Waals surface area contributed by atoms with Gasteiger partial charge in [-0.1, -0.05) is 18.2 Å². The summed E-state index contributed by atoms with van der Waals surface area (Å²) in [5.41, 5.74) is 3.48. The smallest absolute Gasteiger partial charge is 0.263 e. The first-order chi connectivity index (χ1) is 13.8. The van der Waals surface area contributed by atoms with E-state index in [1.165, 1.54) is 11.3 Å². The number of thiazole rings is 1. The van der Waals surface area contributed by atoms with Crippen LogP contribution in [-0.4, -0.2) is 45.5 Å². The molecule has 29 heavy (non-hydrogen) atoms. The zero-order valence-electron chi connectivity index (χ0n) is 17.0. The lowest BCUT2D eigenvalue weighted by Gasteiger charge is -2.13. The Kier molecular flexibility index (Phi) is 6.56. The number of nitrogens with zero attached hydrogens (tertiary/aromatic N) is 2. The summed E-state index contributed by atoms with van der Waals surface area (Å²) in [4.78, 5) is 6.75. The first kappa shape index (κ1) is 21.3. The lowest BCUT2D eigenvalue weighted by Crippen LogP contribution is -2.19. The van der Waals surface area contributed by atoms with Crippen molar-refractivity contribution in [3.63, 3.8) is 0 Å². The zero-order chi connectivity index (χ0) is 21.0. The van der Waals surface area contributed by atoms with Crippen LogP contribution in [-0.2, 0) is 10.0 Å². The fraction of sp³-hybridized carbons (Fsp3) is 0.286. The second kappa shape index (κ2) is 8.94. The Morgan fingerprint density at radius 1 is 1.10 bits per heavy atom. The van der Waals surface area contributed by atoms with Gasteiger partial charge in [-0.3, -0.25) is 4.72 Å². The topological polar surface area (TPSA) is 71.5 Å². The Balaban J connectivity index is 1.80. The number of likely N-dealkylation sites (N-methyl/N-ethyl adjacent to an activating group) is 1. The summed E-state index contributed by atoms with van der Waals surface area (Å²) in [6.45, 7) is 5.19. The molecular formula is C21H25N3O3S2. The van der Waals surface area contributed by atoms with Crippen LogP contribution in [0.4, 0.5) is 5.13 Å². The number of sulfonamides is 1. The van der Waals surface area contributed by atoms with Gasteiger partial charge in [-0.05, 0) is 63.3 Å². The summed E-state index contributed by atoms with van der Waals surface area (Å²) < 4.78 is 33.9. The molecule has 1 N–H and O–H groups in total. The van der Waals surface area contributed by atoms with E-state index >= 15 is 0 Å². The van der Waals surface area contributed by atoms with Gasteiger partial charge in [0.25, 0.3) is 10.0 Å². The molecule has 0 saturated carbocycles. The summed E-state index contributed by atoms with van der Waals surface area (Å²) in [7, 11) is 0.285. The quantitative estimate of drug-likeness (QED) is 0.580. The molecule has 1 heterocycles. The molecule has 154 valence electrons. The van der Waals surface area contributed by atoms with Crippen molar-refractivity contribution in [1.29, 1.82) is 0 Å². The monoisotopic (exact) mass is 431 g/mol. The van der Waals surface area contributed by atoms with E-state index in [1.54, 1.807) is 18.2 Å². The number of hydrogen-bond acceptors (Lipinski definition) is 6. The maximum absolute atomic E-state index is 12.7. The van der Waals surface area contributed by atoms with Gasteiger partial charge in [0.1, 0.15) is 12.4 Å². The number of aryl methyl sites for hydroxylation is 2. The standard InChI is InChI=1S/C21H25N3O3S2/c1-15-9-10-17(13-16(15)2)29(25,26)23-21-22-19(14-28-21)18-7-5-6-8-20(18)27-12-11-24(3)4/h5-10,13-14H,11-12H2,1-4H3,(H,22,23). The Morgan fingerprint density at radius 2 is 1.86 bits per heavy atom. The van der Waals surface area contributed by atoms with E-state index in [1.807, 2.05) is 62.5 Å². The fourth-order valence-corrected chi connectivity index (χ4v) is 4.69. The molecule has 2 aromatic carbocycles. The van der Waals surface area contributed by atoms with Crippen molar-refractivity contribution < 1.29 is 13.2 Å². The fourth-order valence-electron chi connectivity index (χ4n) is 2.64. The maximum Gasteiger partial charge on any atom is 0.263 e. The Labute approximate surface area is 176 Å². The molecule has 0 amide bonds. The molecule has 0 radical (unpaired) electrons. The summed E-state index contributed by atoms with van der Waals surface area (Å²) in [6, 6.07) is 12.7. The van der Waals surface area contributed by atoms with Gasteiger partial charge in [0.05, 0.1) is 10.6 Å². The van der Waals surface area contributed by atoms with Crippen LogP contribution in [0.2, 0.25) is 0 Å². The number of nitrogens with one attached hydrogen (secondary N) is 1. The number of ether oxygens (including phenoxy) is 1. The van der Waals surface area contributed by atoms with E-state index < -0.39 is 10.0 Å². The largest absolute Gasteiger partial charge is 0.492 e. The van der Waals surface area contributed by atoms with Crippen LogP contribution in [0.3, 0.4) is 0 Å². The molecule has 0 aliphatic carbocycles. The van der Waals surface area contributed by atoms with Crippen LogP contribution < -0.4 is 9.46 Å². The highest BCUT2D eigenvalue weighted by molar-refractivity contribution is 7.93. The molecule has 0 bridgehead atoms. The highest BCUT2D eigenvalue weighted by atomic mass is 32.2. The number of benzene rings is 2. The highest BCUT2D eigenvalue weighted by Crippen LogP contribution is 2.33. The average molecular weight is 432 g/mol. The Bertz CT molecular complexity index is 1090. The number of aromatic nitrogens is 1. The second-order valence-electron chi connectivity index (χ2n) is 7.04. The van der Waals surface area contributed by atoms with Crippen molar-refractivity contribution in [2.75, 3.05) is 32.0 Å². The molecule has 0 unspecified atom stereocenters. The molecule has 8 heteroatoms. The molecule has 0 saturated heterocycles. The molecule has 1 aromatic heterocycles. The van der Waals surface area contributed by atoms with Gasteiger partial charge in [0.2, 0.25) is 0 Å². The summed E-state index contributed by atoms with van der Waals surface area (Å²) in [6.07, 6.45) is 0. The highest BCUT2D eigenvalue weighted by Gasteiger charge is 2.18. The molecule has 0 atom stereocenters. The Morgan fingerprint density at radius 3 is 2.59 bits per heavy atom. The van der Waals surface area contributed by atoms with Crippen LogP contribution >= 0.6 is 11.3 Å². The summed E-state index contributed by atoms with van der Waals surface area (Å²) >= 11 is 1.25. The predicted octanol–water partition coefficient (Wildman–Crippen LogP) is 4.17. The lowest BCUT2D eigenvalue weighted by atomic mass is 10.1. The SMILES string of the molecule is Cc1ccc(S(=O)(=O)Nc2nc(-c3ccccc3OCCN(C)C)cs2)cc1C. The average Bonchev–Trinajstić information content (AvgIpc) is 3.11. The third-order valence-corrected chi connectivity index (χ3v) is 6.70. The van der Waals surface area contributed by atoms with Crippen molar-refractivity contribution >= 4 is 26.5 Å². The molecule has 3 aromatic rings. The summed E-state index contributed by atoms with van der Waals surface area (Å²) in [5.74, 6) is 0.725. The normalized spacial score (nSPS) is 11.6. The molecule has 0 aliphatic rings. The molecule has 3 rings (SSSR count). The van der Waals surface area contributed by atoms with Crippen LogP contribution in [0, 0.1) is 13.8 Å². The molecule has 0 fully saturated rings. The van der Waals surface area contributed by atoms with Crippen molar-refractivity contribution in [2.24, 2.45) is 0 Å². The molecule has 0 aliphatic heterocycles. The third kappa shape index (κ3) is 5.35. The van der Waals surface area contributed by atoms with Gasteiger partial charge in [-0.25, -0.2) is 13.4 Å². The zero-order valence-corrected chi connectivity index (χ0v) is 18.6. The van der Waals surface area contributed by atoms with E-state index in [0.29, 0.717) is 17.4 Å². The number of rotatable bonds is 8. The Hall–Kier alpha value is -2.42. The van der Waals surface area contributed by atoms with Gasteiger partial charge in [0, 0.05) is 17.5 Å².